The molecule has 5 nitrogen and oxygen atoms in total. The van der Waals surface area contributed by atoms with E-state index in [1.165, 1.54) is 0 Å². The van der Waals surface area contributed by atoms with E-state index in [9.17, 15) is 0 Å². The fraction of sp³-hybridized carbons (Fsp3) is 0.500. The molecule has 0 radical (unpaired) electrons. The molecule has 0 saturated carbocycles. The number of ether oxygens (including phenoxy) is 1. The number of nitrogens with one attached hydrogen (secondary N) is 1. The number of para-hydroxylation sites is 1. The topological polar surface area (TPSA) is 50.3 Å². The van der Waals surface area contributed by atoms with Crippen molar-refractivity contribution in [1.29, 1.82) is 0 Å². The van der Waals surface area contributed by atoms with Gasteiger partial charge in [-0.05, 0) is 6.07 Å². The summed E-state index contributed by atoms with van der Waals surface area (Å²) in [5.41, 5.74) is 0.990. The molecule has 0 bridgehead atoms. The van der Waals surface area contributed by atoms with Crippen LogP contribution in [0, 0.1) is 0 Å². The van der Waals surface area contributed by atoms with Crippen molar-refractivity contribution in [3.63, 3.8) is 0 Å². The van der Waals surface area contributed by atoms with Crippen LogP contribution in [0.15, 0.2) is 30.5 Å². The Morgan fingerprint density at radius 3 is 3.10 bits per heavy atom. The molecule has 0 spiro atoms. The van der Waals surface area contributed by atoms with Gasteiger partial charge in [-0.2, -0.15) is 0 Å². The van der Waals surface area contributed by atoms with Crippen LogP contribution in [-0.2, 0) is 4.74 Å². The summed E-state index contributed by atoms with van der Waals surface area (Å²) in [5, 5.41) is 4.55. The van der Waals surface area contributed by atoms with E-state index >= 15 is 0 Å². The lowest BCUT2D eigenvalue weighted by atomic mass is 10.2. The van der Waals surface area contributed by atoms with Gasteiger partial charge in [0.1, 0.15) is 0 Å². The van der Waals surface area contributed by atoms with E-state index in [-0.39, 0.29) is 6.04 Å². The van der Waals surface area contributed by atoms with Crippen molar-refractivity contribution in [3.05, 3.63) is 30.5 Å². The molecule has 3 rings (SSSR count). The van der Waals surface area contributed by atoms with E-state index in [1.807, 2.05) is 30.5 Å². The van der Waals surface area contributed by atoms with Gasteiger partial charge in [-0.25, -0.2) is 9.97 Å². The Hall–Kier alpha value is -1.72. The first-order valence-corrected chi connectivity index (χ1v) is 7.53. The molecule has 5 heteroatoms. The molecule has 1 aliphatic rings. The zero-order chi connectivity index (χ0) is 14.7. The number of hydrogen-bond donors (Lipinski definition) is 1. The molecule has 1 saturated heterocycles. The smallest absolute Gasteiger partial charge is 0.226 e. The normalized spacial score (nSPS) is 19.4. The van der Waals surface area contributed by atoms with Gasteiger partial charge in [-0.3, -0.25) is 0 Å². The van der Waals surface area contributed by atoms with Crippen LogP contribution in [-0.4, -0.2) is 48.4 Å². The first-order chi connectivity index (χ1) is 10.2. The fourth-order valence-corrected chi connectivity index (χ4v) is 2.56. The van der Waals surface area contributed by atoms with E-state index in [0.29, 0.717) is 6.04 Å². The van der Waals surface area contributed by atoms with Crippen LogP contribution in [0.5, 0.6) is 0 Å². The van der Waals surface area contributed by atoms with Crippen molar-refractivity contribution in [2.45, 2.75) is 25.9 Å². The first-order valence-electron chi connectivity index (χ1n) is 7.53. The number of fused-ring (bicyclic) bond motifs is 1. The molecule has 1 aromatic heterocycles. The number of rotatable bonds is 4. The number of hydrogen-bond acceptors (Lipinski definition) is 5. The third-order valence-electron chi connectivity index (χ3n) is 3.72. The van der Waals surface area contributed by atoms with E-state index in [0.717, 1.165) is 43.2 Å². The van der Waals surface area contributed by atoms with Crippen LogP contribution in [0.1, 0.15) is 13.8 Å². The summed E-state index contributed by atoms with van der Waals surface area (Å²) in [7, 11) is 0. The van der Waals surface area contributed by atoms with Gasteiger partial charge in [0.25, 0.3) is 0 Å². The number of anilines is 1. The van der Waals surface area contributed by atoms with Gasteiger partial charge in [0.15, 0.2) is 0 Å². The lowest BCUT2D eigenvalue weighted by Gasteiger charge is -2.36. The first kappa shape index (κ1) is 14.2. The van der Waals surface area contributed by atoms with Gasteiger partial charge in [-0.15, -0.1) is 0 Å². The highest BCUT2D eigenvalue weighted by Crippen LogP contribution is 2.18. The molecule has 1 aromatic carbocycles. The van der Waals surface area contributed by atoms with Crippen molar-refractivity contribution in [2.75, 3.05) is 31.2 Å². The third-order valence-corrected chi connectivity index (χ3v) is 3.72. The van der Waals surface area contributed by atoms with Crippen molar-refractivity contribution in [3.8, 4) is 0 Å². The molecule has 1 N–H and O–H groups in total. The molecule has 1 unspecified atom stereocenters. The molecule has 112 valence electrons. The standard InChI is InChI=1S/C16H22N4O/c1-12(2)17-10-14-11-21-8-7-20(14)16-18-9-13-5-3-4-6-15(13)19-16/h3-6,9,12,14,17H,7-8,10-11H2,1-2H3. The van der Waals surface area contributed by atoms with Crippen LogP contribution in [0.4, 0.5) is 5.95 Å². The number of aromatic nitrogens is 2. The largest absolute Gasteiger partial charge is 0.377 e. The highest BCUT2D eigenvalue weighted by Gasteiger charge is 2.25. The Morgan fingerprint density at radius 2 is 2.24 bits per heavy atom. The predicted molar refractivity (Wildman–Crippen MR) is 84.6 cm³/mol. The Balaban J connectivity index is 1.83. The Morgan fingerprint density at radius 1 is 1.38 bits per heavy atom. The Kier molecular flexibility index (Phi) is 4.31. The average Bonchev–Trinajstić information content (AvgIpc) is 2.52. The molecule has 1 atom stereocenters. The van der Waals surface area contributed by atoms with Crippen molar-refractivity contribution < 1.29 is 4.74 Å². The molecular formula is C16H22N4O. The second kappa shape index (κ2) is 6.37. The summed E-state index contributed by atoms with van der Waals surface area (Å²) in [6, 6.07) is 8.83. The SMILES string of the molecule is CC(C)NCC1COCCN1c1ncc2ccccc2n1. The summed E-state index contributed by atoms with van der Waals surface area (Å²) >= 11 is 0. The summed E-state index contributed by atoms with van der Waals surface area (Å²) < 4.78 is 5.62. The van der Waals surface area contributed by atoms with Gasteiger partial charge in [0, 0.05) is 30.7 Å². The fourth-order valence-electron chi connectivity index (χ4n) is 2.56. The van der Waals surface area contributed by atoms with E-state index in [2.05, 4.69) is 29.0 Å². The van der Waals surface area contributed by atoms with Crippen LogP contribution in [0.3, 0.4) is 0 Å². The number of nitrogens with zero attached hydrogens (tertiary/aromatic N) is 3. The molecule has 0 amide bonds. The second-order valence-corrected chi connectivity index (χ2v) is 5.71. The molecular weight excluding hydrogens is 264 g/mol. The van der Waals surface area contributed by atoms with Gasteiger partial charge < -0.3 is 15.0 Å². The van der Waals surface area contributed by atoms with Crippen molar-refractivity contribution in [1.82, 2.24) is 15.3 Å². The van der Waals surface area contributed by atoms with Gasteiger partial charge >= 0.3 is 0 Å². The van der Waals surface area contributed by atoms with E-state index < -0.39 is 0 Å². The minimum absolute atomic E-state index is 0.280. The van der Waals surface area contributed by atoms with Crippen LogP contribution < -0.4 is 10.2 Å². The Labute approximate surface area is 125 Å². The average molecular weight is 286 g/mol. The maximum absolute atomic E-state index is 5.62. The third kappa shape index (κ3) is 3.31. The second-order valence-electron chi connectivity index (χ2n) is 5.71. The van der Waals surface area contributed by atoms with Gasteiger partial charge in [-0.1, -0.05) is 32.0 Å². The summed E-state index contributed by atoms with van der Waals surface area (Å²) in [6.45, 7) is 7.47. The summed E-state index contributed by atoms with van der Waals surface area (Å²) in [4.78, 5) is 11.5. The van der Waals surface area contributed by atoms with Gasteiger partial charge in [0.05, 0.1) is 24.8 Å². The van der Waals surface area contributed by atoms with Crippen molar-refractivity contribution >= 4 is 16.9 Å². The molecule has 1 aliphatic heterocycles. The maximum atomic E-state index is 5.62. The molecule has 2 heterocycles. The van der Waals surface area contributed by atoms with E-state index in [1.54, 1.807) is 0 Å². The Bertz CT molecular complexity index is 602. The van der Waals surface area contributed by atoms with Gasteiger partial charge in [0.2, 0.25) is 5.95 Å². The maximum Gasteiger partial charge on any atom is 0.226 e. The molecule has 1 fully saturated rings. The highest BCUT2D eigenvalue weighted by atomic mass is 16.5. The highest BCUT2D eigenvalue weighted by molar-refractivity contribution is 5.78. The minimum atomic E-state index is 0.280. The zero-order valence-corrected chi connectivity index (χ0v) is 12.6. The molecule has 21 heavy (non-hydrogen) atoms. The molecule has 0 aliphatic carbocycles. The lowest BCUT2D eigenvalue weighted by molar-refractivity contribution is 0.0923. The minimum Gasteiger partial charge on any atom is -0.377 e. The number of morpholine rings is 1. The summed E-state index contributed by atoms with van der Waals surface area (Å²) in [6.07, 6.45) is 1.90. The predicted octanol–water partition coefficient (Wildman–Crippen LogP) is 1.83. The van der Waals surface area contributed by atoms with Crippen molar-refractivity contribution in [2.24, 2.45) is 0 Å². The zero-order valence-electron chi connectivity index (χ0n) is 12.6. The number of benzene rings is 1. The molecule has 2 aromatic rings. The van der Waals surface area contributed by atoms with Crippen LogP contribution in [0.25, 0.3) is 10.9 Å². The van der Waals surface area contributed by atoms with Crippen LogP contribution in [0.2, 0.25) is 0 Å². The lowest BCUT2D eigenvalue weighted by Crippen LogP contribution is -2.52. The van der Waals surface area contributed by atoms with Crippen LogP contribution >= 0.6 is 0 Å². The van der Waals surface area contributed by atoms with E-state index in [4.69, 9.17) is 9.72 Å². The monoisotopic (exact) mass is 286 g/mol. The quantitative estimate of drug-likeness (QED) is 0.929. The summed E-state index contributed by atoms with van der Waals surface area (Å²) in [5.74, 6) is 0.799.